The molecule has 1 atom stereocenters. The van der Waals surface area contributed by atoms with E-state index in [4.69, 9.17) is 0 Å². The fourth-order valence-corrected chi connectivity index (χ4v) is 5.09. The fourth-order valence-electron chi connectivity index (χ4n) is 2.86. The molecule has 0 bridgehead atoms. The summed E-state index contributed by atoms with van der Waals surface area (Å²) in [6.45, 7) is 6.88. The topological polar surface area (TPSA) is 0 Å². The summed E-state index contributed by atoms with van der Waals surface area (Å²) in [5.41, 5.74) is 5.65. The lowest BCUT2D eigenvalue weighted by atomic mass is 10.0. The Balaban J connectivity index is 2.17. The number of benzene rings is 1. The van der Waals surface area contributed by atoms with Gasteiger partial charge in [0.2, 0.25) is 0 Å². The summed E-state index contributed by atoms with van der Waals surface area (Å²) < 4.78 is 0. The van der Waals surface area contributed by atoms with Gasteiger partial charge in [0.25, 0.3) is 0 Å². The molecule has 1 aromatic rings. The molecule has 0 N–H and O–H groups in total. The summed E-state index contributed by atoms with van der Waals surface area (Å²) in [5, 5.41) is 1.59. The van der Waals surface area contributed by atoms with Gasteiger partial charge < -0.3 is 0 Å². The highest BCUT2D eigenvalue weighted by molar-refractivity contribution is 6.56. The van der Waals surface area contributed by atoms with Crippen LogP contribution in [0.15, 0.2) is 53.1 Å². The largest absolute Gasteiger partial charge is 0.0689 e. The molecule has 0 saturated heterocycles. The van der Waals surface area contributed by atoms with Crippen LogP contribution in [-0.2, 0) is 0 Å². The first-order valence-corrected chi connectivity index (χ1v) is 8.16. The van der Waals surface area contributed by atoms with Gasteiger partial charge in [0.1, 0.15) is 0 Å². The van der Waals surface area contributed by atoms with Crippen molar-refractivity contribution in [3.05, 3.63) is 53.1 Å². The maximum Gasteiger partial charge on any atom is 0.0670 e. The van der Waals surface area contributed by atoms with Crippen LogP contribution in [0.5, 0.6) is 0 Å². The Morgan fingerprint density at radius 3 is 2.47 bits per heavy atom. The van der Waals surface area contributed by atoms with Crippen LogP contribution in [0, 0.1) is 0 Å². The SMILES string of the molecule is CCCC1=C(C)C=C(C)C1[SiH2]c1ccccc1. The Bertz CT molecular complexity index is 440. The van der Waals surface area contributed by atoms with Crippen molar-refractivity contribution in [2.24, 2.45) is 0 Å². The van der Waals surface area contributed by atoms with Crippen LogP contribution in [0.4, 0.5) is 0 Å². The number of rotatable bonds is 4. The summed E-state index contributed by atoms with van der Waals surface area (Å²) in [6, 6.07) is 11.1. The van der Waals surface area contributed by atoms with Crippen LogP contribution in [0.1, 0.15) is 33.6 Å². The van der Waals surface area contributed by atoms with E-state index in [2.05, 4.69) is 57.2 Å². The van der Waals surface area contributed by atoms with E-state index < -0.39 is 0 Å². The predicted molar refractivity (Wildman–Crippen MR) is 79.7 cm³/mol. The van der Waals surface area contributed by atoms with Gasteiger partial charge in [0.15, 0.2) is 0 Å². The molecule has 1 aliphatic rings. The van der Waals surface area contributed by atoms with E-state index in [1.165, 1.54) is 18.4 Å². The van der Waals surface area contributed by atoms with Crippen molar-refractivity contribution in [3.8, 4) is 0 Å². The summed E-state index contributed by atoms with van der Waals surface area (Å²) in [5.74, 6) is 0. The molecule has 0 saturated carbocycles. The molecule has 0 aromatic heterocycles. The quantitative estimate of drug-likeness (QED) is 0.710. The molecule has 0 radical (unpaired) electrons. The Morgan fingerprint density at radius 1 is 1.12 bits per heavy atom. The van der Waals surface area contributed by atoms with Crippen molar-refractivity contribution in [2.75, 3.05) is 0 Å². The predicted octanol–water partition coefficient (Wildman–Crippen LogP) is 3.35. The maximum absolute atomic E-state index is 2.41. The van der Waals surface area contributed by atoms with Gasteiger partial charge in [-0.15, -0.1) is 0 Å². The minimum Gasteiger partial charge on any atom is -0.0689 e. The molecule has 2 rings (SSSR count). The summed E-state index contributed by atoms with van der Waals surface area (Å²) in [6.07, 6.45) is 4.96. The molecule has 1 unspecified atom stereocenters. The van der Waals surface area contributed by atoms with Crippen molar-refractivity contribution < 1.29 is 0 Å². The molecule has 1 aliphatic carbocycles. The normalized spacial score (nSPS) is 20.4. The zero-order chi connectivity index (χ0) is 12.3. The molecule has 0 aliphatic heterocycles. The third kappa shape index (κ3) is 2.78. The second-order valence-corrected chi connectivity index (χ2v) is 7.13. The highest BCUT2D eigenvalue weighted by Gasteiger charge is 2.23. The van der Waals surface area contributed by atoms with Gasteiger partial charge in [0.05, 0.1) is 9.52 Å². The van der Waals surface area contributed by atoms with E-state index in [9.17, 15) is 0 Å². The molecule has 0 spiro atoms. The highest BCUT2D eigenvalue weighted by Crippen LogP contribution is 2.38. The first-order valence-electron chi connectivity index (χ1n) is 6.64. The highest BCUT2D eigenvalue weighted by atomic mass is 28.2. The van der Waals surface area contributed by atoms with E-state index in [-0.39, 0.29) is 9.52 Å². The summed E-state index contributed by atoms with van der Waals surface area (Å²) in [7, 11) is -0.208. The third-order valence-corrected chi connectivity index (χ3v) is 6.21. The second kappa shape index (κ2) is 5.50. The van der Waals surface area contributed by atoms with E-state index in [0.717, 1.165) is 5.54 Å². The van der Waals surface area contributed by atoms with Crippen LogP contribution in [0.3, 0.4) is 0 Å². The lowest BCUT2D eigenvalue weighted by Crippen LogP contribution is -2.20. The van der Waals surface area contributed by atoms with Gasteiger partial charge in [0, 0.05) is 0 Å². The van der Waals surface area contributed by atoms with Crippen molar-refractivity contribution in [3.63, 3.8) is 0 Å². The van der Waals surface area contributed by atoms with Crippen molar-refractivity contribution in [2.45, 2.75) is 39.2 Å². The van der Waals surface area contributed by atoms with Crippen LogP contribution < -0.4 is 5.19 Å². The van der Waals surface area contributed by atoms with Gasteiger partial charge in [-0.3, -0.25) is 0 Å². The molecule has 0 fully saturated rings. The van der Waals surface area contributed by atoms with Crippen LogP contribution in [-0.4, -0.2) is 9.52 Å². The van der Waals surface area contributed by atoms with E-state index in [1.807, 2.05) is 0 Å². The van der Waals surface area contributed by atoms with E-state index in [1.54, 1.807) is 16.3 Å². The van der Waals surface area contributed by atoms with E-state index in [0.29, 0.717) is 0 Å². The average molecular weight is 242 g/mol. The lowest BCUT2D eigenvalue weighted by molar-refractivity contribution is 0.866. The van der Waals surface area contributed by atoms with Crippen LogP contribution in [0.2, 0.25) is 5.54 Å². The number of allylic oxidation sites excluding steroid dienone is 4. The molecule has 0 amide bonds. The summed E-state index contributed by atoms with van der Waals surface area (Å²) >= 11 is 0. The van der Waals surface area contributed by atoms with Crippen molar-refractivity contribution in [1.82, 2.24) is 0 Å². The van der Waals surface area contributed by atoms with Crippen molar-refractivity contribution >= 4 is 14.7 Å². The standard InChI is InChI=1S/C16H22Si/c1-4-8-15-12(2)11-13(3)16(15)17-14-9-6-5-7-10-14/h5-7,9-11,16H,4,8,17H2,1-3H3. The molecular formula is C16H22Si. The van der Waals surface area contributed by atoms with Crippen LogP contribution in [0.25, 0.3) is 0 Å². The first-order chi connectivity index (χ1) is 8.22. The Hall–Kier alpha value is -1.08. The molecule has 0 nitrogen and oxygen atoms in total. The van der Waals surface area contributed by atoms with Crippen molar-refractivity contribution in [1.29, 1.82) is 0 Å². The molecule has 90 valence electrons. The fraction of sp³-hybridized carbons (Fsp3) is 0.375. The molecule has 17 heavy (non-hydrogen) atoms. The third-order valence-electron chi connectivity index (χ3n) is 3.72. The zero-order valence-electron chi connectivity index (χ0n) is 11.2. The molecular weight excluding hydrogens is 220 g/mol. The molecule has 1 aromatic carbocycles. The Labute approximate surface area is 107 Å². The Morgan fingerprint density at radius 2 is 1.82 bits per heavy atom. The molecule has 1 heteroatoms. The van der Waals surface area contributed by atoms with E-state index >= 15 is 0 Å². The molecule has 0 heterocycles. The van der Waals surface area contributed by atoms with Gasteiger partial charge in [-0.25, -0.2) is 0 Å². The minimum absolute atomic E-state index is 0.208. The van der Waals surface area contributed by atoms with Gasteiger partial charge in [-0.2, -0.15) is 0 Å². The van der Waals surface area contributed by atoms with Gasteiger partial charge in [-0.1, -0.05) is 71.7 Å². The Kier molecular flexibility index (Phi) is 4.00. The van der Waals surface area contributed by atoms with Crippen LogP contribution >= 0.6 is 0 Å². The maximum atomic E-state index is 2.41. The lowest BCUT2D eigenvalue weighted by Gasteiger charge is -2.17. The second-order valence-electron chi connectivity index (χ2n) is 5.09. The average Bonchev–Trinajstić information content (AvgIpc) is 2.58. The van der Waals surface area contributed by atoms with Gasteiger partial charge >= 0.3 is 0 Å². The zero-order valence-corrected chi connectivity index (χ0v) is 12.6. The number of hydrogen-bond donors (Lipinski definition) is 0. The van der Waals surface area contributed by atoms with Gasteiger partial charge in [-0.05, 0) is 25.8 Å². The monoisotopic (exact) mass is 242 g/mol. The minimum atomic E-state index is -0.208. The first kappa shape index (κ1) is 12.4. The smallest absolute Gasteiger partial charge is 0.0670 e. The number of hydrogen-bond acceptors (Lipinski definition) is 0. The summed E-state index contributed by atoms with van der Waals surface area (Å²) in [4.78, 5) is 0.